The molecule has 1 aliphatic rings. The van der Waals surface area contributed by atoms with Gasteiger partial charge in [0.1, 0.15) is 0 Å². The van der Waals surface area contributed by atoms with Crippen LogP contribution in [-0.2, 0) is 0 Å². The van der Waals surface area contributed by atoms with Crippen molar-refractivity contribution in [1.82, 2.24) is 0 Å². The zero-order valence-electron chi connectivity index (χ0n) is 11.3. The first-order valence-electron chi connectivity index (χ1n) is 6.69. The van der Waals surface area contributed by atoms with Crippen LogP contribution in [0, 0.1) is 5.41 Å². The Kier molecular flexibility index (Phi) is 3.88. The molecule has 1 aromatic carbocycles. The highest BCUT2D eigenvalue weighted by molar-refractivity contribution is 6.30. The van der Waals surface area contributed by atoms with Crippen LogP contribution in [0.4, 0.5) is 5.69 Å². The lowest BCUT2D eigenvalue weighted by Crippen LogP contribution is -2.50. The summed E-state index contributed by atoms with van der Waals surface area (Å²) in [6, 6.07) is 7.90. The molecule has 0 spiro atoms. The van der Waals surface area contributed by atoms with E-state index in [9.17, 15) is 0 Å². The molecule has 0 aliphatic heterocycles. The minimum absolute atomic E-state index is 0.0203. The molecule has 1 atom stereocenters. The topological polar surface area (TPSA) is 38.0 Å². The average Bonchev–Trinajstić information content (AvgIpc) is 2.27. The standard InChI is InChI=1S/C15H23ClN2/c1-14(2)7-4-8-15(10-14,11-17)18-13-6-3-5-12(16)9-13/h3,5-6,9,18H,4,7-8,10-11,17H2,1-2H3. The molecular weight excluding hydrogens is 244 g/mol. The van der Waals surface area contributed by atoms with Crippen LogP contribution < -0.4 is 11.1 Å². The minimum Gasteiger partial charge on any atom is -0.378 e. The molecule has 1 aromatic rings. The van der Waals surface area contributed by atoms with Crippen LogP contribution in [0.2, 0.25) is 5.02 Å². The highest BCUT2D eigenvalue weighted by Crippen LogP contribution is 2.42. The van der Waals surface area contributed by atoms with Crippen LogP contribution in [-0.4, -0.2) is 12.1 Å². The van der Waals surface area contributed by atoms with E-state index in [0.717, 1.165) is 23.6 Å². The number of benzene rings is 1. The lowest BCUT2D eigenvalue weighted by molar-refractivity contribution is 0.170. The first-order valence-corrected chi connectivity index (χ1v) is 7.06. The van der Waals surface area contributed by atoms with Crippen molar-refractivity contribution < 1.29 is 0 Å². The molecule has 1 fully saturated rings. The van der Waals surface area contributed by atoms with E-state index in [4.69, 9.17) is 17.3 Å². The first kappa shape index (κ1) is 13.7. The quantitative estimate of drug-likeness (QED) is 0.866. The molecule has 0 radical (unpaired) electrons. The third-order valence-electron chi connectivity index (χ3n) is 3.95. The third-order valence-corrected chi connectivity index (χ3v) is 4.19. The Balaban J connectivity index is 2.18. The number of nitrogens with one attached hydrogen (secondary N) is 1. The first-order chi connectivity index (χ1) is 8.45. The fourth-order valence-corrected chi connectivity index (χ4v) is 3.39. The van der Waals surface area contributed by atoms with Gasteiger partial charge >= 0.3 is 0 Å². The van der Waals surface area contributed by atoms with E-state index in [1.165, 1.54) is 12.8 Å². The number of hydrogen-bond acceptors (Lipinski definition) is 2. The van der Waals surface area contributed by atoms with E-state index in [0.29, 0.717) is 12.0 Å². The van der Waals surface area contributed by atoms with Gasteiger partial charge < -0.3 is 11.1 Å². The van der Waals surface area contributed by atoms with Gasteiger partial charge in [-0.3, -0.25) is 0 Å². The normalized spacial score (nSPS) is 26.9. The van der Waals surface area contributed by atoms with Gasteiger partial charge in [-0.25, -0.2) is 0 Å². The van der Waals surface area contributed by atoms with E-state index in [1.807, 2.05) is 18.2 Å². The zero-order chi connectivity index (χ0) is 13.2. The monoisotopic (exact) mass is 266 g/mol. The number of hydrogen-bond donors (Lipinski definition) is 2. The molecular formula is C15H23ClN2. The summed E-state index contributed by atoms with van der Waals surface area (Å²) in [6.45, 7) is 5.33. The van der Waals surface area contributed by atoms with Crippen LogP contribution in [0.3, 0.4) is 0 Å². The maximum Gasteiger partial charge on any atom is 0.0500 e. The van der Waals surface area contributed by atoms with Gasteiger partial charge in [0.25, 0.3) is 0 Å². The fraction of sp³-hybridized carbons (Fsp3) is 0.600. The lowest BCUT2D eigenvalue weighted by atomic mass is 9.68. The Labute approximate surface area is 115 Å². The van der Waals surface area contributed by atoms with Gasteiger partial charge in [-0.05, 0) is 42.9 Å². The van der Waals surface area contributed by atoms with Gasteiger partial charge in [0, 0.05) is 17.3 Å². The molecule has 2 rings (SSSR count). The van der Waals surface area contributed by atoms with Crippen LogP contribution >= 0.6 is 11.6 Å². The highest BCUT2D eigenvalue weighted by atomic mass is 35.5. The number of nitrogens with two attached hydrogens (primary N) is 1. The molecule has 100 valence electrons. The molecule has 1 aliphatic carbocycles. The molecule has 1 saturated carbocycles. The van der Waals surface area contributed by atoms with E-state index in [2.05, 4.69) is 25.2 Å². The summed E-state index contributed by atoms with van der Waals surface area (Å²) in [6.07, 6.45) is 4.77. The van der Waals surface area contributed by atoms with Crippen LogP contribution in [0.15, 0.2) is 24.3 Å². The predicted octanol–water partition coefficient (Wildman–Crippen LogP) is 4.05. The maximum absolute atomic E-state index is 6.05. The lowest BCUT2D eigenvalue weighted by Gasteiger charge is -2.45. The summed E-state index contributed by atoms with van der Waals surface area (Å²) in [5, 5.41) is 4.40. The summed E-state index contributed by atoms with van der Waals surface area (Å²) in [7, 11) is 0. The van der Waals surface area contributed by atoms with Gasteiger partial charge in [0.15, 0.2) is 0 Å². The Morgan fingerprint density at radius 1 is 1.33 bits per heavy atom. The van der Waals surface area contributed by atoms with Crippen molar-refractivity contribution in [2.24, 2.45) is 11.1 Å². The number of rotatable bonds is 3. The molecule has 0 saturated heterocycles. The van der Waals surface area contributed by atoms with Gasteiger partial charge in [-0.2, -0.15) is 0 Å². The average molecular weight is 267 g/mol. The van der Waals surface area contributed by atoms with E-state index < -0.39 is 0 Å². The van der Waals surface area contributed by atoms with Crippen molar-refractivity contribution in [2.45, 2.75) is 45.1 Å². The summed E-state index contributed by atoms with van der Waals surface area (Å²) >= 11 is 6.04. The molecule has 3 heteroatoms. The van der Waals surface area contributed by atoms with E-state index in [-0.39, 0.29) is 5.54 Å². The molecule has 3 N–H and O–H groups in total. The SMILES string of the molecule is CC1(C)CCCC(CN)(Nc2cccc(Cl)c2)C1. The molecule has 0 amide bonds. The van der Waals surface area contributed by atoms with Crippen LogP contribution in [0.25, 0.3) is 0 Å². The second-order valence-electron chi connectivity index (χ2n) is 6.31. The smallest absolute Gasteiger partial charge is 0.0500 e. The van der Waals surface area contributed by atoms with Crippen LogP contribution in [0.1, 0.15) is 39.5 Å². The van der Waals surface area contributed by atoms with Crippen molar-refractivity contribution in [2.75, 3.05) is 11.9 Å². The largest absolute Gasteiger partial charge is 0.378 e. The molecule has 1 unspecified atom stereocenters. The Bertz CT molecular complexity index is 417. The summed E-state index contributed by atoms with van der Waals surface area (Å²) in [5.74, 6) is 0. The molecule has 2 nitrogen and oxygen atoms in total. The van der Waals surface area contributed by atoms with Gasteiger partial charge in [-0.15, -0.1) is 0 Å². The summed E-state index contributed by atoms with van der Waals surface area (Å²) in [4.78, 5) is 0. The summed E-state index contributed by atoms with van der Waals surface area (Å²) in [5.41, 5.74) is 7.51. The molecule has 18 heavy (non-hydrogen) atoms. The maximum atomic E-state index is 6.05. The second-order valence-corrected chi connectivity index (χ2v) is 6.75. The van der Waals surface area contributed by atoms with Gasteiger partial charge in [0.2, 0.25) is 0 Å². The zero-order valence-corrected chi connectivity index (χ0v) is 12.1. The summed E-state index contributed by atoms with van der Waals surface area (Å²) < 4.78 is 0. The predicted molar refractivity (Wildman–Crippen MR) is 79.1 cm³/mol. The van der Waals surface area contributed by atoms with Crippen molar-refractivity contribution in [3.05, 3.63) is 29.3 Å². The molecule has 0 bridgehead atoms. The van der Waals surface area contributed by atoms with Crippen molar-refractivity contribution >= 4 is 17.3 Å². The van der Waals surface area contributed by atoms with Crippen molar-refractivity contribution in [3.63, 3.8) is 0 Å². The number of halogens is 1. The van der Waals surface area contributed by atoms with E-state index >= 15 is 0 Å². The van der Waals surface area contributed by atoms with E-state index in [1.54, 1.807) is 0 Å². The Hall–Kier alpha value is -0.730. The fourth-order valence-electron chi connectivity index (χ4n) is 3.20. The van der Waals surface area contributed by atoms with Gasteiger partial charge in [0.05, 0.1) is 5.54 Å². The highest BCUT2D eigenvalue weighted by Gasteiger charge is 2.38. The number of anilines is 1. The third kappa shape index (κ3) is 3.18. The Morgan fingerprint density at radius 2 is 2.11 bits per heavy atom. The second kappa shape index (κ2) is 5.10. The molecule has 0 heterocycles. The Morgan fingerprint density at radius 3 is 2.72 bits per heavy atom. The van der Waals surface area contributed by atoms with Gasteiger partial charge in [-0.1, -0.05) is 37.9 Å². The minimum atomic E-state index is 0.0203. The van der Waals surface area contributed by atoms with Crippen molar-refractivity contribution in [3.8, 4) is 0 Å². The van der Waals surface area contributed by atoms with Crippen LogP contribution in [0.5, 0.6) is 0 Å². The van der Waals surface area contributed by atoms with Crippen molar-refractivity contribution in [1.29, 1.82) is 0 Å². The molecule has 0 aromatic heterocycles.